The molecule has 0 amide bonds. The van der Waals surface area contributed by atoms with Crippen molar-refractivity contribution in [2.24, 2.45) is 10.9 Å². The minimum absolute atomic E-state index is 0.519. The molecule has 0 saturated carbocycles. The predicted octanol–water partition coefficient (Wildman–Crippen LogP) is 3.72. The summed E-state index contributed by atoms with van der Waals surface area (Å²) in [6, 6.07) is 0. The van der Waals surface area contributed by atoms with Crippen molar-refractivity contribution >= 4 is 6.21 Å². The first-order valence-electron chi connectivity index (χ1n) is 5.61. The van der Waals surface area contributed by atoms with Crippen LogP contribution in [0, 0.1) is 5.92 Å². The monoisotopic (exact) mass is 209 g/mol. The SMILES string of the molecule is CCC(C)C1=C(/C=C(/C)C(C)F)CN=C1. The minimum Gasteiger partial charge on any atom is -0.288 e. The lowest BCUT2D eigenvalue weighted by atomic mass is 9.94. The molecule has 2 unspecified atom stereocenters. The van der Waals surface area contributed by atoms with Crippen LogP contribution in [0.5, 0.6) is 0 Å². The molecule has 15 heavy (non-hydrogen) atoms. The number of alkyl halides is 1. The number of allylic oxidation sites excluding steroid dienone is 2. The molecule has 0 saturated heterocycles. The summed E-state index contributed by atoms with van der Waals surface area (Å²) in [6.45, 7) is 8.48. The van der Waals surface area contributed by atoms with Gasteiger partial charge < -0.3 is 0 Å². The zero-order valence-corrected chi connectivity index (χ0v) is 10.0. The summed E-state index contributed by atoms with van der Waals surface area (Å²) in [5.41, 5.74) is 3.25. The van der Waals surface area contributed by atoms with E-state index < -0.39 is 6.17 Å². The second-order valence-electron chi connectivity index (χ2n) is 4.26. The van der Waals surface area contributed by atoms with Crippen molar-refractivity contribution in [2.75, 3.05) is 6.54 Å². The Morgan fingerprint density at radius 1 is 1.60 bits per heavy atom. The van der Waals surface area contributed by atoms with E-state index in [4.69, 9.17) is 0 Å². The first-order valence-corrected chi connectivity index (χ1v) is 5.61. The van der Waals surface area contributed by atoms with Crippen molar-refractivity contribution in [3.63, 3.8) is 0 Å². The van der Waals surface area contributed by atoms with Crippen LogP contribution >= 0.6 is 0 Å². The summed E-state index contributed by atoms with van der Waals surface area (Å²) in [5, 5.41) is 0. The fraction of sp³-hybridized carbons (Fsp3) is 0.615. The van der Waals surface area contributed by atoms with Gasteiger partial charge in [0.2, 0.25) is 0 Å². The van der Waals surface area contributed by atoms with Crippen molar-refractivity contribution in [2.45, 2.75) is 40.3 Å². The zero-order chi connectivity index (χ0) is 11.4. The van der Waals surface area contributed by atoms with E-state index >= 15 is 0 Å². The van der Waals surface area contributed by atoms with Gasteiger partial charge in [0.15, 0.2) is 0 Å². The van der Waals surface area contributed by atoms with Crippen LogP contribution in [0.1, 0.15) is 34.1 Å². The average Bonchev–Trinajstić information content (AvgIpc) is 2.64. The molecule has 0 radical (unpaired) electrons. The molecule has 1 rings (SSSR count). The number of halogens is 1. The van der Waals surface area contributed by atoms with E-state index in [1.54, 1.807) is 6.92 Å². The number of aliphatic imine (C=N–C) groups is 1. The molecular formula is C13H20FN. The van der Waals surface area contributed by atoms with Gasteiger partial charge >= 0.3 is 0 Å². The molecule has 84 valence electrons. The molecule has 1 aliphatic rings. The number of rotatable bonds is 4. The zero-order valence-electron chi connectivity index (χ0n) is 10.0. The van der Waals surface area contributed by atoms with E-state index in [9.17, 15) is 4.39 Å². The maximum Gasteiger partial charge on any atom is 0.118 e. The van der Waals surface area contributed by atoms with Gasteiger partial charge in [-0.1, -0.05) is 19.9 Å². The van der Waals surface area contributed by atoms with E-state index in [-0.39, 0.29) is 0 Å². The molecule has 1 heterocycles. The van der Waals surface area contributed by atoms with Crippen LogP contribution in [-0.4, -0.2) is 18.9 Å². The molecule has 0 spiro atoms. The van der Waals surface area contributed by atoms with Gasteiger partial charge in [0.1, 0.15) is 6.17 Å². The van der Waals surface area contributed by atoms with Gasteiger partial charge in [-0.15, -0.1) is 0 Å². The van der Waals surface area contributed by atoms with E-state index in [2.05, 4.69) is 18.8 Å². The van der Waals surface area contributed by atoms with Gasteiger partial charge in [0, 0.05) is 6.21 Å². The Morgan fingerprint density at radius 2 is 2.27 bits per heavy atom. The highest BCUT2D eigenvalue weighted by Crippen LogP contribution is 2.23. The lowest BCUT2D eigenvalue weighted by Gasteiger charge is -2.10. The Kier molecular flexibility index (Phi) is 4.25. The quantitative estimate of drug-likeness (QED) is 0.669. The fourth-order valence-electron chi connectivity index (χ4n) is 1.60. The lowest BCUT2D eigenvalue weighted by Crippen LogP contribution is -2.01. The fourth-order valence-corrected chi connectivity index (χ4v) is 1.60. The Labute approximate surface area is 91.8 Å². The van der Waals surface area contributed by atoms with Gasteiger partial charge in [-0.3, -0.25) is 4.99 Å². The molecule has 0 N–H and O–H groups in total. The van der Waals surface area contributed by atoms with Gasteiger partial charge in [-0.05, 0) is 42.9 Å². The maximum atomic E-state index is 13.0. The van der Waals surface area contributed by atoms with E-state index in [0.29, 0.717) is 12.5 Å². The van der Waals surface area contributed by atoms with Gasteiger partial charge in [0.05, 0.1) is 6.54 Å². The predicted molar refractivity (Wildman–Crippen MR) is 64.2 cm³/mol. The summed E-state index contributed by atoms with van der Waals surface area (Å²) < 4.78 is 13.0. The van der Waals surface area contributed by atoms with Crippen molar-refractivity contribution in [1.29, 1.82) is 0 Å². The van der Waals surface area contributed by atoms with Crippen LogP contribution in [0.2, 0.25) is 0 Å². The number of nitrogens with zero attached hydrogens (tertiary/aromatic N) is 1. The van der Waals surface area contributed by atoms with E-state index in [1.807, 2.05) is 19.2 Å². The van der Waals surface area contributed by atoms with Crippen LogP contribution < -0.4 is 0 Å². The second-order valence-corrected chi connectivity index (χ2v) is 4.26. The summed E-state index contributed by atoms with van der Waals surface area (Å²) in [6.07, 6.45) is 4.13. The largest absolute Gasteiger partial charge is 0.288 e. The van der Waals surface area contributed by atoms with Crippen molar-refractivity contribution < 1.29 is 4.39 Å². The van der Waals surface area contributed by atoms with Crippen LogP contribution in [0.3, 0.4) is 0 Å². The molecule has 1 nitrogen and oxygen atoms in total. The van der Waals surface area contributed by atoms with Gasteiger partial charge in [0.25, 0.3) is 0 Å². The first kappa shape index (κ1) is 12.2. The highest BCUT2D eigenvalue weighted by atomic mass is 19.1. The molecular weight excluding hydrogens is 189 g/mol. The van der Waals surface area contributed by atoms with Crippen molar-refractivity contribution in [1.82, 2.24) is 0 Å². The Morgan fingerprint density at radius 3 is 2.80 bits per heavy atom. The molecule has 0 fully saturated rings. The highest BCUT2D eigenvalue weighted by Gasteiger charge is 2.14. The molecule has 2 atom stereocenters. The molecule has 0 aromatic heterocycles. The summed E-state index contributed by atoms with van der Waals surface area (Å²) in [5.74, 6) is 0.519. The molecule has 0 aromatic rings. The van der Waals surface area contributed by atoms with Crippen LogP contribution in [0.4, 0.5) is 4.39 Å². The molecule has 1 aliphatic heterocycles. The molecule has 0 aliphatic carbocycles. The standard InChI is InChI=1S/C13H20FN/c1-5-9(2)13-8-15-7-12(13)6-10(3)11(4)14/h6,8-9,11H,5,7H2,1-4H3/b10-6-. The summed E-state index contributed by atoms with van der Waals surface area (Å²) >= 11 is 0. The Bertz CT molecular complexity index is 310. The summed E-state index contributed by atoms with van der Waals surface area (Å²) in [4.78, 5) is 4.26. The molecule has 0 aromatic carbocycles. The normalized spacial score (nSPS) is 21.0. The smallest absolute Gasteiger partial charge is 0.118 e. The van der Waals surface area contributed by atoms with Crippen molar-refractivity contribution in [3.8, 4) is 0 Å². The lowest BCUT2D eigenvalue weighted by molar-refractivity contribution is 0.411. The minimum atomic E-state index is -0.865. The maximum absolute atomic E-state index is 13.0. The Hall–Kier alpha value is -0.920. The third-order valence-corrected chi connectivity index (χ3v) is 3.04. The van der Waals surface area contributed by atoms with Crippen LogP contribution in [0.25, 0.3) is 0 Å². The van der Waals surface area contributed by atoms with Gasteiger partial charge in [-0.25, -0.2) is 4.39 Å². The summed E-state index contributed by atoms with van der Waals surface area (Å²) in [7, 11) is 0. The second kappa shape index (κ2) is 5.24. The van der Waals surface area contributed by atoms with E-state index in [1.165, 1.54) is 11.1 Å². The van der Waals surface area contributed by atoms with Gasteiger partial charge in [-0.2, -0.15) is 0 Å². The average molecular weight is 209 g/mol. The number of hydrogen-bond acceptors (Lipinski definition) is 1. The topological polar surface area (TPSA) is 12.4 Å². The first-order chi connectivity index (χ1) is 7.06. The third kappa shape index (κ3) is 3.01. The van der Waals surface area contributed by atoms with Crippen LogP contribution in [-0.2, 0) is 0 Å². The molecule has 2 heteroatoms. The number of hydrogen-bond donors (Lipinski definition) is 0. The van der Waals surface area contributed by atoms with Crippen LogP contribution in [0.15, 0.2) is 27.8 Å². The van der Waals surface area contributed by atoms with Crippen molar-refractivity contribution in [3.05, 3.63) is 22.8 Å². The Balaban J connectivity index is 2.90. The van der Waals surface area contributed by atoms with E-state index in [0.717, 1.165) is 12.0 Å². The molecule has 0 bridgehead atoms. The highest BCUT2D eigenvalue weighted by molar-refractivity contribution is 5.84. The third-order valence-electron chi connectivity index (χ3n) is 3.04.